The molecule has 0 saturated heterocycles. The summed E-state index contributed by atoms with van der Waals surface area (Å²) in [6, 6.07) is 5.72. The van der Waals surface area contributed by atoms with Crippen molar-refractivity contribution in [3.63, 3.8) is 0 Å². The number of aromatic nitrogens is 1. The lowest BCUT2D eigenvalue weighted by Crippen LogP contribution is -1.71. The van der Waals surface area contributed by atoms with E-state index in [1.54, 1.807) is 23.1 Å². The zero-order valence-corrected chi connectivity index (χ0v) is 9.55. The Balaban J connectivity index is 2.37. The molecule has 1 nitrogen and oxygen atoms in total. The molecule has 0 unspecified atom stereocenters. The Hall–Kier alpha value is -0.690. The van der Waals surface area contributed by atoms with Crippen LogP contribution in [-0.2, 0) is 0 Å². The third kappa shape index (κ3) is 2.03. The molecule has 2 aromatic rings. The lowest BCUT2D eigenvalue weighted by Gasteiger charge is -1.86. The lowest BCUT2D eigenvalue weighted by atomic mass is 10.3. The highest BCUT2D eigenvalue weighted by atomic mass is 35.5. The number of benzene rings is 1. The first-order valence-corrected chi connectivity index (χ1v) is 6.10. The van der Waals surface area contributed by atoms with Gasteiger partial charge in [-0.3, -0.25) is 0 Å². The average Bonchev–Trinajstić information content (AvgIpc) is 2.56. The SMILES string of the molecule is C#CCSc1nc2cc(Cl)ccc2s1. The second-order valence-corrected chi connectivity index (χ2v) is 5.27. The molecular weight excluding hydrogens is 234 g/mol. The molecule has 1 aromatic heterocycles. The number of thioether (sulfide) groups is 1. The van der Waals surface area contributed by atoms with Crippen molar-refractivity contribution < 1.29 is 0 Å². The van der Waals surface area contributed by atoms with Gasteiger partial charge in [-0.05, 0) is 18.2 Å². The van der Waals surface area contributed by atoms with Crippen LogP contribution in [0.25, 0.3) is 10.2 Å². The summed E-state index contributed by atoms with van der Waals surface area (Å²) in [5, 5.41) is 0.719. The largest absolute Gasteiger partial charge is 0.230 e. The number of terminal acetylenes is 1. The van der Waals surface area contributed by atoms with Gasteiger partial charge in [0.25, 0.3) is 0 Å². The van der Waals surface area contributed by atoms with Gasteiger partial charge in [0.15, 0.2) is 4.34 Å². The number of hydrogen-bond donors (Lipinski definition) is 0. The van der Waals surface area contributed by atoms with Crippen LogP contribution in [-0.4, -0.2) is 10.7 Å². The van der Waals surface area contributed by atoms with Gasteiger partial charge in [0, 0.05) is 5.02 Å². The van der Waals surface area contributed by atoms with Gasteiger partial charge in [0.1, 0.15) is 0 Å². The molecule has 0 fully saturated rings. The quantitative estimate of drug-likeness (QED) is 0.586. The summed E-state index contributed by atoms with van der Waals surface area (Å²) in [5.41, 5.74) is 0.946. The van der Waals surface area contributed by atoms with Crippen LogP contribution in [0.5, 0.6) is 0 Å². The van der Waals surface area contributed by atoms with Crippen molar-refractivity contribution in [2.24, 2.45) is 0 Å². The van der Waals surface area contributed by atoms with E-state index in [1.165, 1.54) is 0 Å². The fourth-order valence-corrected chi connectivity index (χ4v) is 2.94. The predicted octanol–water partition coefficient (Wildman–Crippen LogP) is 3.68. The van der Waals surface area contributed by atoms with Crippen LogP contribution in [0.4, 0.5) is 0 Å². The van der Waals surface area contributed by atoms with Gasteiger partial charge in [0.05, 0.1) is 16.0 Å². The van der Waals surface area contributed by atoms with Crippen LogP contribution in [0.2, 0.25) is 5.02 Å². The monoisotopic (exact) mass is 239 g/mol. The van der Waals surface area contributed by atoms with E-state index >= 15 is 0 Å². The summed E-state index contributed by atoms with van der Waals surface area (Å²) in [6.07, 6.45) is 5.18. The number of nitrogens with zero attached hydrogens (tertiary/aromatic N) is 1. The Morgan fingerprint density at radius 2 is 2.43 bits per heavy atom. The molecule has 14 heavy (non-hydrogen) atoms. The van der Waals surface area contributed by atoms with Gasteiger partial charge in [-0.1, -0.05) is 29.3 Å². The molecule has 0 bridgehead atoms. The molecule has 0 spiro atoms. The van der Waals surface area contributed by atoms with Gasteiger partial charge >= 0.3 is 0 Å². The number of halogens is 1. The van der Waals surface area contributed by atoms with Crippen molar-refractivity contribution in [2.75, 3.05) is 5.75 Å². The zero-order chi connectivity index (χ0) is 9.97. The van der Waals surface area contributed by atoms with Crippen molar-refractivity contribution in [3.8, 4) is 12.3 Å². The number of hydrogen-bond acceptors (Lipinski definition) is 3. The Bertz CT molecular complexity index is 498. The van der Waals surface area contributed by atoms with E-state index < -0.39 is 0 Å². The minimum atomic E-state index is 0.660. The smallest absolute Gasteiger partial charge is 0.152 e. The second kappa shape index (κ2) is 4.22. The van der Waals surface area contributed by atoms with Crippen molar-refractivity contribution in [2.45, 2.75) is 4.34 Å². The van der Waals surface area contributed by atoms with Crippen LogP contribution >= 0.6 is 34.7 Å². The summed E-state index contributed by atoms with van der Waals surface area (Å²) >= 11 is 9.08. The molecule has 0 aliphatic rings. The van der Waals surface area contributed by atoms with Crippen molar-refractivity contribution in [3.05, 3.63) is 23.2 Å². The molecule has 70 valence electrons. The molecule has 0 amide bonds. The Labute approximate surface area is 95.5 Å². The first-order chi connectivity index (χ1) is 6.79. The Kier molecular flexibility index (Phi) is 2.97. The lowest BCUT2D eigenvalue weighted by molar-refractivity contribution is 1.31. The van der Waals surface area contributed by atoms with E-state index in [-0.39, 0.29) is 0 Å². The molecule has 0 aliphatic heterocycles. The highest BCUT2D eigenvalue weighted by molar-refractivity contribution is 8.01. The maximum absolute atomic E-state index is 5.86. The maximum atomic E-state index is 5.86. The molecule has 1 heterocycles. The highest BCUT2D eigenvalue weighted by Crippen LogP contribution is 2.30. The fourth-order valence-electron chi connectivity index (χ4n) is 1.04. The molecule has 2 rings (SSSR count). The van der Waals surface area contributed by atoms with E-state index in [2.05, 4.69) is 10.9 Å². The minimum absolute atomic E-state index is 0.660. The highest BCUT2D eigenvalue weighted by Gasteiger charge is 2.03. The molecule has 4 heteroatoms. The van der Waals surface area contributed by atoms with Gasteiger partial charge in [-0.2, -0.15) is 0 Å². The second-order valence-electron chi connectivity index (χ2n) is 2.58. The molecule has 1 aromatic carbocycles. The molecule has 0 saturated carbocycles. The first-order valence-electron chi connectivity index (χ1n) is 3.92. The van der Waals surface area contributed by atoms with Crippen LogP contribution in [0.15, 0.2) is 22.5 Å². The molecular formula is C10H6ClNS2. The zero-order valence-electron chi connectivity index (χ0n) is 7.16. The van der Waals surface area contributed by atoms with E-state index in [0.29, 0.717) is 5.75 Å². The van der Waals surface area contributed by atoms with E-state index in [0.717, 1.165) is 19.6 Å². The number of rotatable bonds is 2. The summed E-state index contributed by atoms with van der Waals surface area (Å²) in [4.78, 5) is 4.41. The Morgan fingerprint density at radius 3 is 3.21 bits per heavy atom. The minimum Gasteiger partial charge on any atom is -0.230 e. The van der Waals surface area contributed by atoms with Crippen LogP contribution in [0.1, 0.15) is 0 Å². The molecule has 0 atom stereocenters. The summed E-state index contributed by atoms with van der Waals surface area (Å²) < 4.78 is 2.15. The van der Waals surface area contributed by atoms with Crippen LogP contribution in [0, 0.1) is 12.3 Å². The van der Waals surface area contributed by atoms with Crippen molar-refractivity contribution >= 4 is 44.9 Å². The molecule has 0 N–H and O–H groups in total. The first kappa shape index (κ1) is 9.85. The predicted molar refractivity (Wildman–Crippen MR) is 64.2 cm³/mol. The van der Waals surface area contributed by atoms with Gasteiger partial charge in [0.2, 0.25) is 0 Å². The van der Waals surface area contributed by atoms with E-state index in [4.69, 9.17) is 18.0 Å². The number of thiazole rings is 1. The van der Waals surface area contributed by atoms with Gasteiger partial charge < -0.3 is 0 Å². The Morgan fingerprint density at radius 1 is 1.57 bits per heavy atom. The third-order valence-electron chi connectivity index (χ3n) is 1.61. The van der Waals surface area contributed by atoms with Crippen LogP contribution < -0.4 is 0 Å². The van der Waals surface area contributed by atoms with Crippen molar-refractivity contribution in [1.29, 1.82) is 0 Å². The average molecular weight is 240 g/mol. The summed E-state index contributed by atoms with van der Waals surface area (Å²) in [6.45, 7) is 0. The third-order valence-corrected chi connectivity index (χ3v) is 3.93. The summed E-state index contributed by atoms with van der Waals surface area (Å²) in [5.74, 6) is 3.24. The van der Waals surface area contributed by atoms with Gasteiger partial charge in [-0.15, -0.1) is 17.8 Å². The van der Waals surface area contributed by atoms with Gasteiger partial charge in [-0.25, -0.2) is 4.98 Å². The topological polar surface area (TPSA) is 12.9 Å². The number of fused-ring (bicyclic) bond motifs is 1. The maximum Gasteiger partial charge on any atom is 0.152 e. The fraction of sp³-hybridized carbons (Fsp3) is 0.100. The standard InChI is InChI=1S/C10H6ClNS2/c1-2-5-13-10-12-8-6-7(11)3-4-9(8)14-10/h1,3-4,6H,5H2. The molecule has 0 radical (unpaired) electrons. The van der Waals surface area contributed by atoms with Crippen LogP contribution in [0.3, 0.4) is 0 Å². The normalized spacial score (nSPS) is 10.3. The van der Waals surface area contributed by atoms with Crippen molar-refractivity contribution in [1.82, 2.24) is 4.98 Å². The summed E-state index contributed by atoms with van der Waals surface area (Å²) in [7, 11) is 0. The van der Waals surface area contributed by atoms with E-state index in [1.807, 2.05) is 18.2 Å². The molecule has 0 aliphatic carbocycles. The van der Waals surface area contributed by atoms with E-state index in [9.17, 15) is 0 Å².